The third-order valence-electron chi connectivity index (χ3n) is 3.16. The summed E-state index contributed by atoms with van der Waals surface area (Å²) >= 11 is 0. The summed E-state index contributed by atoms with van der Waals surface area (Å²) in [6, 6.07) is 13.4. The zero-order valence-corrected chi connectivity index (χ0v) is 12.4. The van der Waals surface area contributed by atoms with Crippen molar-refractivity contribution in [2.24, 2.45) is 0 Å². The summed E-state index contributed by atoms with van der Waals surface area (Å²) in [5, 5.41) is 9.02. The summed E-state index contributed by atoms with van der Waals surface area (Å²) < 4.78 is 11.1. The van der Waals surface area contributed by atoms with E-state index in [1.54, 1.807) is 7.11 Å². The predicted octanol–water partition coefficient (Wildman–Crippen LogP) is 3.80. The summed E-state index contributed by atoms with van der Waals surface area (Å²) in [5.74, 6) is 1.58. The Labute approximate surface area is 125 Å². The van der Waals surface area contributed by atoms with Gasteiger partial charge >= 0.3 is 0 Å². The topological polar surface area (TPSA) is 38.7 Å². The summed E-state index contributed by atoms with van der Waals surface area (Å²) in [6.45, 7) is 2.47. The van der Waals surface area contributed by atoms with Crippen molar-refractivity contribution in [2.75, 3.05) is 7.11 Å². The molecule has 0 spiro atoms. The van der Waals surface area contributed by atoms with Crippen LogP contribution in [0.25, 0.3) is 6.08 Å². The van der Waals surface area contributed by atoms with Gasteiger partial charge in [0.25, 0.3) is 0 Å². The average Bonchev–Trinajstić information content (AvgIpc) is 2.54. The number of aliphatic hydroxyl groups excluding tert-OH is 1. The Bertz CT molecular complexity index is 600. The standard InChI is InChI=1S/C18H20O3/c1-3-4-14-7-10-18(20-2)16(11-14)13-21-17-8-5-15(12-19)6-9-17/h3-11,19H,12-13H2,1-2H3. The minimum absolute atomic E-state index is 0.0412. The minimum Gasteiger partial charge on any atom is -0.496 e. The van der Waals surface area contributed by atoms with E-state index in [1.165, 1.54) is 0 Å². The number of hydrogen-bond acceptors (Lipinski definition) is 3. The fourth-order valence-corrected chi connectivity index (χ4v) is 2.06. The molecule has 0 aliphatic carbocycles. The first-order chi connectivity index (χ1) is 10.3. The number of ether oxygens (including phenoxy) is 2. The van der Waals surface area contributed by atoms with Crippen LogP contribution in [0.15, 0.2) is 48.5 Å². The van der Waals surface area contributed by atoms with E-state index in [4.69, 9.17) is 14.6 Å². The van der Waals surface area contributed by atoms with Gasteiger partial charge < -0.3 is 14.6 Å². The van der Waals surface area contributed by atoms with Crippen molar-refractivity contribution >= 4 is 6.08 Å². The molecule has 0 heterocycles. The van der Waals surface area contributed by atoms with Gasteiger partial charge in [-0.15, -0.1) is 0 Å². The Morgan fingerprint density at radius 1 is 1.10 bits per heavy atom. The van der Waals surface area contributed by atoms with Gasteiger partial charge in [0.2, 0.25) is 0 Å². The van der Waals surface area contributed by atoms with Crippen LogP contribution >= 0.6 is 0 Å². The highest BCUT2D eigenvalue weighted by atomic mass is 16.5. The number of benzene rings is 2. The second-order valence-electron chi connectivity index (χ2n) is 4.66. The van der Waals surface area contributed by atoms with Gasteiger partial charge in [0.1, 0.15) is 18.1 Å². The smallest absolute Gasteiger partial charge is 0.125 e. The van der Waals surface area contributed by atoms with Crippen molar-refractivity contribution in [3.63, 3.8) is 0 Å². The molecule has 2 rings (SSSR count). The second kappa shape index (κ2) is 7.50. The highest BCUT2D eigenvalue weighted by Crippen LogP contribution is 2.23. The molecule has 2 aromatic rings. The van der Waals surface area contributed by atoms with Crippen LogP contribution in [0.2, 0.25) is 0 Å². The predicted molar refractivity (Wildman–Crippen MR) is 84.4 cm³/mol. The van der Waals surface area contributed by atoms with Crippen LogP contribution in [0.3, 0.4) is 0 Å². The Kier molecular flexibility index (Phi) is 5.41. The molecule has 0 aliphatic heterocycles. The van der Waals surface area contributed by atoms with Crippen molar-refractivity contribution in [2.45, 2.75) is 20.1 Å². The molecule has 110 valence electrons. The van der Waals surface area contributed by atoms with Crippen molar-refractivity contribution < 1.29 is 14.6 Å². The molecule has 21 heavy (non-hydrogen) atoms. The lowest BCUT2D eigenvalue weighted by atomic mass is 10.1. The lowest BCUT2D eigenvalue weighted by molar-refractivity contribution is 0.280. The van der Waals surface area contributed by atoms with E-state index in [9.17, 15) is 0 Å². The van der Waals surface area contributed by atoms with Crippen LogP contribution in [0.5, 0.6) is 11.5 Å². The number of rotatable bonds is 6. The first kappa shape index (κ1) is 15.1. The number of hydrogen-bond donors (Lipinski definition) is 1. The first-order valence-electron chi connectivity index (χ1n) is 6.89. The molecule has 0 atom stereocenters. The highest BCUT2D eigenvalue weighted by molar-refractivity contribution is 5.53. The zero-order valence-electron chi connectivity index (χ0n) is 12.4. The minimum atomic E-state index is 0.0412. The van der Waals surface area contributed by atoms with Crippen molar-refractivity contribution in [1.82, 2.24) is 0 Å². The third-order valence-corrected chi connectivity index (χ3v) is 3.16. The van der Waals surface area contributed by atoms with Crippen molar-refractivity contribution in [3.8, 4) is 11.5 Å². The summed E-state index contributed by atoms with van der Waals surface area (Å²) in [7, 11) is 1.66. The molecule has 0 radical (unpaired) electrons. The maximum Gasteiger partial charge on any atom is 0.125 e. The lowest BCUT2D eigenvalue weighted by Gasteiger charge is -2.11. The summed E-state index contributed by atoms with van der Waals surface area (Å²) in [6.07, 6.45) is 4.04. The van der Waals surface area contributed by atoms with Crippen LogP contribution < -0.4 is 9.47 Å². The van der Waals surface area contributed by atoms with Gasteiger partial charge in [-0.2, -0.15) is 0 Å². The van der Waals surface area contributed by atoms with Gasteiger partial charge in [-0.05, 0) is 42.3 Å². The van der Waals surface area contributed by atoms with E-state index in [0.29, 0.717) is 6.61 Å². The van der Waals surface area contributed by atoms with Crippen molar-refractivity contribution in [3.05, 3.63) is 65.2 Å². The molecule has 0 saturated heterocycles. The van der Waals surface area contributed by atoms with Crippen LogP contribution in [0, 0.1) is 0 Å². The molecular weight excluding hydrogens is 264 g/mol. The third kappa shape index (κ3) is 4.10. The monoisotopic (exact) mass is 284 g/mol. The molecule has 0 amide bonds. The van der Waals surface area contributed by atoms with Crippen LogP contribution in [-0.2, 0) is 13.2 Å². The Morgan fingerprint density at radius 2 is 1.86 bits per heavy atom. The van der Waals surface area contributed by atoms with Crippen LogP contribution in [0.1, 0.15) is 23.6 Å². The fourth-order valence-electron chi connectivity index (χ4n) is 2.06. The van der Waals surface area contributed by atoms with Gasteiger partial charge in [0.15, 0.2) is 0 Å². The SMILES string of the molecule is CC=Cc1ccc(OC)c(COc2ccc(CO)cc2)c1. The Balaban J connectivity index is 2.11. The molecule has 0 fully saturated rings. The average molecular weight is 284 g/mol. The van der Waals surface area contributed by atoms with Gasteiger partial charge in [0.05, 0.1) is 13.7 Å². The second-order valence-corrected chi connectivity index (χ2v) is 4.66. The number of methoxy groups -OCH3 is 1. The van der Waals surface area contributed by atoms with E-state index in [2.05, 4.69) is 6.07 Å². The maximum absolute atomic E-state index is 9.02. The van der Waals surface area contributed by atoms with E-state index in [0.717, 1.165) is 28.2 Å². The van der Waals surface area contributed by atoms with Crippen molar-refractivity contribution in [1.29, 1.82) is 0 Å². The molecule has 1 N–H and O–H groups in total. The van der Waals surface area contributed by atoms with Gasteiger partial charge in [-0.25, -0.2) is 0 Å². The summed E-state index contributed by atoms with van der Waals surface area (Å²) in [5.41, 5.74) is 2.99. The van der Waals surface area contributed by atoms with E-state index in [1.807, 2.05) is 55.5 Å². The van der Waals surface area contributed by atoms with Crippen LogP contribution in [-0.4, -0.2) is 12.2 Å². The molecule has 0 unspecified atom stereocenters. The molecule has 3 nitrogen and oxygen atoms in total. The van der Waals surface area contributed by atoms with Crippen LogP contribution in [0.4, 0.5) is 0 Å². The molecule has 2 aromatic carbocycles. The Hall–Kier alpha value is -2.26. The molecule has 0 aromatic heterocycles. The van der Waals surface area contributed by atoms with E-state index < -0.39 is 0 Å². The fraction of sp³-hybridized carbons (Fsp3) is 0.222. The zero-order chi connectivity index (χ0) is 15.1. The maximum atomic E-state index is 9.02. The molecule has 0 saturated carbocycles. The van der Waals surface area contributed by atoms with E-state index in [-0.39, 0.29) is 6.61 Å². The molecule has 3 heteroatoms. The Morgan fingerprint density at radius 3 is 2.48 bits per heavy atom. The quantitative estimate of drug-likeness (QED) is 0.877. The lowest BCUT2D eigenvalue weighted by Crippen LogP contribution is -1.99. The molecule has 0 bridgehead atoms. The van der Waals surface area contributed by atoms with Gasteiger partial charge in [-0.1, -0.05) is 30.4 Å². The first-order valence-corrected chi connectivity index (χ1v) is 6.89. The van der Waals surface area contributed by atoms with Gasteiger partial charge in [0, 0.05) is 5.56 Å². The summed E-state index contributed by atoms with van der Waals surface area (Å²) in [4.78, 5) is 0. The number of allylic oxidation sites excluding steroid dienone is 1. The van der Waals surface area contributed by atoms with Gasteiger partial charge in [-0.3, -0.25) is 0 Å². The largest absolute Gasteiger partial charge is 0.496 e. The van der Waals surface area contributed by atoms with E-state index >= 15 is 0 Å². The molecular formula is C18H20O3. The number of aliphatic hydroxyl groups is 1. The normalized spacial score (nSPS) is 10.8. The molecule has 0 aliphatic rings. The highest BCUT2D eigenvalue weighted by Gasteiger charge is 2.05.